The van der Waals surface area contributed by atoms with E-state index in [1.807, 2.05) is 0 Å². The molecule has 0 atom stereocenters. The summed E-state index contributed by atoms with van der Waals surface area (Å²) in [6.07, 6.45) is 5.29. The SMILES string of the molecule is C[Si](C)(C)C#CC1(O)CCCCC1. The van der Waals surface area contributed by atoms with E-state index in [9.17, 15) is 5.11 Å². The van der Waals surface area contributed by atoms with Gasteiger partial charge in [0.25, 0.3) is 0 Å². The molecule has 0 saturated heterocycles. The lowest BCUT2D eigenvalue weighted by atomic mass is 9.86. The standard InChI is InChI=1S/C11H20OSi/c1-13(2,3)10-9-11(12)7-5-4-6-8-11/h12H,4-8H2,1-3H3. The van der Waals surface area contributed by atoms with Crippen LogP contribution in [0.5, 0.6) is 0 Å². The lowest BCUT2D eigenvalue weighted by molar-refractivity contribution is 0.0611. The predicted molar refractivity (Wildman–Crippen MR) is 59.2 cm³/mol. The highest BCUT2D eigenvalue weighted by atomic mass is 28.3. The van der Waals surface area contributed by atoms with Crippen LogP contribution in [0.1, 0.15) is 32.1 Å². The Hall–Kier alpha value is -0.263. The minimum Gasteiger partial charge on any atom is -0.378 e. The monoisotopic (exact) mass is 196 g/mol. The molecular weight excluding hydrogens is 176 g/mol. The Labute approximate surface area is 82.6 Å². The van der Waals surface area contributed by atoms with E-state index in [0.717, 1.165) is 25.7 Å². The van der Waals surface area contributed by atoms with E-state index in [4.69, 9.17) is 0 Å². The smallest absolute Gasteiger partial charge is 0.129 e. The Morgan fingerprint density at radius 1 is 1.08 bits per heavy atom. The lowest BCUT2D eigenvalue weighted by Gasteiger charge is -2.27. The van der Waals surface area contributed by atoms with Crippen molar-refractivity contribution in [1.82, 2.24) is 0 Å². The summed E-state index contributed by atoms with van der Waals surface area (Å²) < 4.78 is 0. The summed E-state index contributed by atoms with van der Waals surface area (Å²) >= 11 is 0. The van der Waals surface area contributed by atoms with Crippen molar-refractivity contribution in [3.63, 3.8) is 0 Å². The molecule has 0 amide bonds. The third-order valence-corrected chi connectivity index (χ3v) is 3.23. The predicted octanol–water partition coefficient (Wildman–Crippen LogP) is 2.56. The van der Waals surface area contributed by atoms with Crippen LogP contribution < -0.4 is 0 Å². The van der Waals surface area contributed by atoms with E-state index in [-0.39, 0.29) is 0 Å². The normalized spacial score (nSPS) is 21.8. The van der Waals surface area contributed by atoms with Crippen LogP contribution in [0.25, 0.3) is 0 Å². The average molecular weight is 196 g/mol. The highest BCUT2D eigenvalue weighted by molar-refractivity contribution is 6.83. The average Bonchev–Trinajstić information content (AvgIpc) is 2.02. The first-order valence-electron chi connectivity index (χ1n) is 5.18. The Bertz CT molecular complexity index is 223. The summed E-state index contributed by atoms with van der Waals surface area (Å²) in [6, 6.07) is 0. The molecule has 0 heterocycles. The van der Waals surface area contributed by atoms with E-state index in [1.54, 1.807) is 0 Å². The Kier molecular flexibility index (Phi) is 3.21. The number of hydrogen-bond acceptors (Lipinski definition) is 1. The Balaban J connectivity index is 2.63. The maximum absolute atomic E-state index is 10.1. The molecule has 74 valence electrons. The van der Waals surface area contributed by atoms with E-state index < -0.39 is 13.7 Å². The van der Waals surface area contributed by atoms with Gasteiger partial charge in [-0.25, -0.2) is 0 Å². The second-order valence-corrected chi connectivity index (χ2v) is 9.84. The first-order valence-corrected chi connectivity index (χ1v) is 8.68. The molecule has 0 bridgehead atoms. The van der Waals surface area contributed by atoms with Crippen molar-refractivity contribution in [2.75, 3.05) is 0 Å². The zero-order valence-corrected chi connectivity index (χ0v) is 9.98. The van der Waals surface area contributed by atoms with Gasteiger partial charge in [-0.1, -0.05) is 32.0 Å². The van der Waals surface area contributed by atoms with Gasteiger partial charge in [-0.05, 0) is 25.7 Å². The van der Waals surface area contributed by atoms with Crippen LogP contribution in [0.15, 0.2) is 0 Å². The largest absolute Gasteiger partial charge is 0.378 e. The third-order valence-electron chi connectivity index (χ3n) is 2.35. The number of hydrogen-bond donors (Lipinski definition) is 1. The molecule has 0 aromatic carbocycles. The van der Waals surface area contributed by atoms with Gasteiger partial charge in [0.1, 0.15) is 13.7 Å². The molecule has 0 unspecified atom stereocenters. The van der Waals surface area contributed by atoms with Gasteiger partial charge in [0.05, 0.1) is 0 Å². The molecule has 1 fully saturated rings. The molecule has 13 heavy (non-hydrogen) atoms. The molecule has 0 aromatic heterocycles. The molecule has 1 N–H and O–H groups in total. The van der Waals surface area contributed by atoms with E-state index in [1.165, 1.54) is 6.42 Å². The molecule has 1 saturated carbocycles. The fourth-order valence-corrected chi connectivity index (χ4v) is 2.17. The maximum atomic E-state index is 10.1. The molecule has 0 aliphatic heterocycles. The number of rotatable bonds is 0. The van der Waals surface area contributed by atoms with Crippen molar-refractivity contribution in [2.45, 2.75) is 57.3 Å². The summed E-state index contributed by atoms with van der Waals surface area (Å²) in [4.78, 5) is 0. The third kappa shape index (κ3) is 3.97. The van der Waals surface area contributed by atoms with Crippen LogP contribution in [0, 0.1) is 11.5 Å². The second kappa shape index (κ2) is 3.85. The molecular formula is C11H20OSi. The molecule has 1 aliphatic rings. The van der Waals surface area contributed by atoms with Gasteiger partial charge in [-0.2, -0.15) is 0 Å². The first-order chi connectivity index (χ1) is 5.91. The van der Waals surface area contributed by atoms with Crippen molar-refractivity contribution in [3.8, 4) is 11.5 Å². The van der Waals surface area contributed by atoms with E-state index >= 15 is 0 Å². The maximum Gasteiger partial charge on any atom is 0.129 e. The van der Waals surface area contributed by atoms with Crippen molar-refractivity contribution in [2.24, 2.45) is 0 Å². The summed E-state index contributed by atoms with van der Waals surface area (Å²) in [5, 5.41) is 10.1. The van der Waals surface area contributed by atoms with Gasteiger partial charge in [0.15, 0.2) is 0 Å². The number of aliphatic hydroxyl groups is 1. The van der Waals surface area contributed by atoms with Crippen LogP contribution in [0.2, 0.25) is 19.6 Å². The molecule has 1 rings (SSSR count). The quantitative estimate of drug-likeness (QED) is 0.466. The highest BCUT2D eigenvalue weighted by Crippen LogP contribution is 2.27. The van der Waals surface area contributed by atoms with Crippen LogP contribution in [0.3, 0.4) is 0 Å². The van der Waals surface area contributed by atoms with E-state index in [2.05, 4.69) is 31.1 Å². The molecule has 1 aliphatic carbocycles. The van der Waals surface area contributed by atoms with Crippen LogP contribution in [-0.4, -0.2) is 18.8 Å². The van der Waals surface area contributed by atoms with Crippen molar-refractivity contribution >= 4 is 8.07 Å². The highest BCUT2D eigenvalue weighted by Gasteiger charge is 2.26. The van der Waals surface area contributed by atoms with Gasteiger partial charge in [-0.15, -0.1) is 5.54 Å². The Morgan fingerprint density at radius 2 is 1.62 bits per heavy atom. The van der Waals surface area contributed by atoms with Gasteiger partial charge < -0.3 is 5.11 Å². The van der Waals surface area contributed by atoms with Gasteiger partial charge in [-0.3, -0.25) is 0 Å². The van der Waals surface area contributed by atoms with Crippen molar-refractivity contribution in [1.29, 1.82) is 0 Å². The fraction of sp³-hybridized carbons (Fsp3) is 0.818. The summed E-state index contributed by atoms with van der Waals surface area (Å²) in [6.45, 7) is 6.64. The minimum atomic E-state index is -1.31. The fourth-order valence-electron chi connectivity index (χ4n) is 1.57. The summed E-state index contributed by atoms with van der Waals surface area (Å²) in [5.74, 6) is 3.11. The molecule has 0 spiro atoms. The Morgan fingerprint density at radius 3 is 2.08 bits per heavy atom. The first kappa shape index (κ1) is 10.8. The van der Waals surface area contributed by atoms with Crippen LogP contribution in [0.4, 0.5) is 0 Å². The zero-order chi connectivity index (χ0) is 9.95. The van der Waals surface area contributed by atoms with Gasteiger partial charge in [0.2, 0.25) is 0 Å². The van der Waals surface area contributed by atoms with E-state index in [0.29, 0.717) is 0 Å². The lowest BCUT2D eigenvalue weighted by Crippen LogP contribution is -2.30. The van der Waals surface area contributed by atoms with Crippen molar-refractivity contribution < 1.29 is 5.11 Å². The molecule has 1 nitrogen and oxygen atoms in total. The van der Waals surface area contributed by atoms with Crippen LogP contribution in [-0.2, 0) is 0 Å². The summed E-state index contributed by atoms with van der Waals surface area (Å²) in [7, 11) is -1.31. The van der Waals surface area contributed by atoms with Gasteiger partial charge in [0, 0.05) is 0 Å². The zero-order valence-electron chi connectivity index (χ0n) is 8.98. The molecule has 0 aromatic rings. The van der Waals surface area contributed by atoms with Crippen LogP contribution >= 0.6 is 0 Å². The van der Waals surface area contributed by atoms with Crippen molar-refractivity contribution in [3.05, 3.63) is 0 Å². The molecule has 0 radical (unpaired) electrons. The molecule has 2 heteroatoms. The second-order valence-electron chi connectivity index (χ2n) is 5.09. The summed E-state index contributed by atoms with van der Waals surface area (Å²) in [5.41, 5.74) is 2.63. The minimum absolute atomic E-state index is 0.640. The topological polar surface area (TPSA) is 20.2 Å². The van der Waals surface area contributed by atoms with Gasteiger partial charge >= 0.3 is 0 Å².